The Bertz CT molecular complexity index is 693. The highest BCUT2D eigenvalue weighted by molar-refractivity contribution is 9.11. The Morgan fingerprint density at radius 1 is 1.20 bits per heavy atom. The first-order valence-electron chi connectivity index (χ1n) is 6.19. The second-order valence-electron chi connectivity index (χ2n) is 4.43. The Balaban J connectivity index is 1.79. The van der Waals surface area contributed by atoms with E-state index in [0.29, 0.717) is 0 Å². The van der Waals surface area contributed by atoms with Crippen LogP contribution in [0.15, 0.2) is 52.8 Å². The molecule has 0 saturated heterocycles. The average Bonchev–Trinajstić information content (AvgIpc) is 3.10. The number of nitrogens with zero attached hydrogens (tertiary/aromatic N) is 3. The van der Waals surface area contributed by atoms with Gasteiger partial charge in [-0.25, -0.2) is 0 Å². The van der Waals surface area contributed by atoms with E-state index in [2.05, 4.69) is 62.6 Å². The third-order valence-corrected chi connectivity index (χ3v) is 4.77. The molecule has 1 atom stereocenters. The van der Waals surface area contributed by atoms with Gasteiger partial charge in [0.15, 0.2) is 0 Å². The maximum absolute atomic E-state index is 3.83. The number of thiophene rings is 1. The lowest BCUT2D eigenvalue weighted by Gasteiger charge is -2.14. The molecule has 20 heavy (non-hydrogen) atoms. The summed E-state index contributed by atoms with van der Waals surface area (Å²) < 4.78 is 3.04. The number of benzene rings is 1. The molecule has 2 aromatic heterocycles. The predicted molar refractivity (Wildman–Crippen MR) is 85.4 cm³/mol. The Morgan fingerprint density at radius 3 is 2.70 bits per heavy atom. The monoisotopic (exact) mass is 348 g/mol. The fourth-order valence-corrected chi connectivity index (χ4v) is 3.40. The van der Waals surface area contributed by atoms with Gasteiger partial charge in [-0.05, 0) is 53.2 Å². The van der Waals surface area contributed by atoms with Crippen molar-refractivity contribution in [2.45, 2.75) is 13.0 Å². The molecule has 0 saturated carbocycles. The van der Waals surface area contributed by atoms with Crippen molar-refractivity contribution in [2.24, 2.45) is 0 Å². The number of hydrogen-bond acceptors (Lipinski definition) is 4. The lowest BCUT2D eigenvalue weighted by molar-refractivity contribution is 0.907. The normalized spacial score (nSPS) is 12.3. The van der Waals surface area contributed by atoms with E-state index in [-0.39, 0.29) is 6.04 Å². The third-order valence-electron chi connectivity index (χ3n) is 2.97. The molecule has 0 spiro atoms. The molecule has 1 N–H and O–H groups in total. The van der Waals surface area contributed by atoms with Crippen molar-refractivity contribution in [3.8, 4) is 5.69 Å². The van der Waals surface area contributed by atoms with Gasteiger partial charge in [0.25, 0.3) is 0 Å². The Hall–Kier alpha value is -1.66. The lowest BCUT2D eigenvalue weighted by Crippen LogP contribution is -2.05. The van der Waals surface area contributed by atoms with Crippen molar-refractivity contribution in [2.75, 3.05) is 5.32 Å². The minimum Gasteiger partial charge on any atom is -0.378 e. The number of anilines is 1. The number of hydrogen-bond donors (Lipinski definition) is 1. The van der Waals surface area contributed by atoms with E-state index in [0.717, 1.165) is 15.2 Å². The number of rotatable bonds is 4. The van der Waals surface area contributed by atoms with E-state index in [1.807, 2.05) is 16.7 Å². The molecule has 4 nitrogen and oxygen atoms in total. The van der Waals surface area contributed by atoms with Crippen LogP contribution < -0.4 is 5.32 Å². The molecule has 0 fully saturated rings. The zero-order valence-corrected chi connectivity index (χ0v) is 13.2. The summed E-state index contributed by atoms with van der Waals surface area (Å²) >= 11 is 5.24. The highest BCUT2D eigenvalue weighted by atomic mass is 79.9. The summed E-state index contributed by atoms with van der Waals surface area (Å²) in [6.45, 7) is 2.16. The van der Waals surface area contributed by atoms with Crippen LogP contribution in [0.1, 0.15) is 17.8 Å². The van der Waals surface area contributed by atoms with Gasteiger partial charge in [-0.1, -0.05) is 6.07 Å². The van der Waals surface area contributed by atoms with Crippen LogP contribution in [0.4, 0.5) is 5.69 Å². The topological polar surface area (TPSA) is 42.7 Å². The molecule has 1 aromatic carbocycles. The van der Waals surface area contributed by atoms with E-state index in [1.54, 1.807) is 24.0 Å². The van der Waals surface area contributed by atoms with Crippen LogP contribution in [0, 0.1) is 0 Å². The smallest absolute Gasteiger partial charge is 0.123 e. The SMILES string of the molecule is CC(Nc1cccc(-n2cnnc2)c1)c1ccc(Br)s1. The van der Waals surface area contributed by atoms with Gasteiger partial charge in [0, 0.05) is 10.6 Å². The zero-order valence-electron chi connectivity index (χ0n) is 10.8. The highest BCUT2D eigenvalue weighted by Gasteiger charge is 2.08. The van der Waals surface area contributed by atoms with Crippen molar-refractivity contribution in [3.05, 3.63) is 57.7 Å². The summed E-state index contributed by atoms with van der Waals surface area (Å²) in [5.41, 5.74) is 2.12. The largest absolute Gasteiger partial charge is 0.378 e. The molecule has 3 rings (SSSR count). The molecule has 2 heterocycles. The number of nitrogens with one attached hydrogen (secondary N) is 1. The van der Waals surface area contributed by atoms with Crippen LogP contribution in [-0.4, -0.2) is 14.8 Å². The molecule has 102 valence electrons. The Kier molecular flexibility index (Phi) is 3.84. The van der Waals surface area contributed by atoms with E-state index in [4.69, 9.17) is 0 Å². The summed E-state index contributed by atoms with van der Waals surface area (Å²) in [5.74, 6) is 0. The van der Waals surface area contributed by atoms with Gasteiger partial charge in [0.1, 0.15) is 12.7 Å². The first-order valence-corrected chi connectivity index (χ1v) is 7.80. The lowest BCUT2D eigenvalue weighted by atomic mass is 10.2. The molecule has 0 aliphatic carbocycles. The van der Waals surface area contributed by atoms with Crippen LogP contribution in [0.5, 0.6) is 0 Å². The van der Waals surface area contributed by atoms with Crippen LogP contribution in [-0.2, 0) is 0 Å². The van der Waals surface area contributed by atoms with Crippen molar-refractivity contribution in [1.29, 1.82) is 0 Å². The van der Waals surface area contributed by atoms with Crippen LogP contribution >= 0.6 is 27.3 Å². The minimum absolute atomic E-state index is 0.266. The zero-order chi connectivity index (χ0) is 13.9. The Morgan fingerprint density at radius 2 is 2.00 bits per heavy atom. The van der Waals surface area contributed by atoms with E-state index >= 15 is 0 Å². The second-order valence-corrected chi connectivity index (χ2v) is 6.92. The molecule has 0 aliphatic rings. The molecular formula is C14H13BrN4S. The number of halogens is 1. The fraction of sp³-hybridized carbons (Fsp3) is 0.143. The molecule has 3 aromatic rings. The first kappa shape index (κ1) is 13.3. The van der Waals surface area contributed by atoms with Crippen molar-refractivity contribution in [1.82, 2.24) is 14.8 Å². The maximum Gasteiger partial charge on any atom is 0.123 e. The predicted octanol–water partition coefficient (Wildman–Crippen LogP) is 4.26. The van der Waals surface area contributed by atoms with Gasteiger partial charge in [-0.2, -0.15) is 0 Å². The van der Waals surface area contributed by atoms with Gasteiger partial charge in [-0.15, -0.1) is 21.5 Å². The maximum atomic E-state index is 3.83. The fourth-order valence-electron chi connectivity index (χ4n) is 1.97. The summed E-state index contributed by atoms with van der Waals surface area (Å²) in [7, 11) is 0. The quantitative estimate of drug-likeness (QED) is 0.765. The van der Waals surface area contributed by atoms with Gasteiger partial charge in [-0.3, -0.25) is 4.57 Å². The first-order chi connectivity index (χ1) is 9.72. The van der Waals surface area contributed by atoms with E-state index in [1.165, 1.54) is 4.88 Å². The standard InChI is InChI=1S/C14H13BrN4S/c1-10(13-5-6-14(15)20-13)18-11-3-2-4-12(7-11)19-8-16-17-9-19/h2-10,18H,1H3. The molecular weight excluding hydrogens is 336 g/mol. The molecule has 6 heteroatoms. The minimum atomic E-state index is 0.266. The molecule has 0 aliphatic heterocycles. The molecule has 0 bridgehead atoms. The van der Waals surface area contributed by atoms with Crippen molar-refractivity contribution >= 4 is 33.0 Å². The van der Waals surface area contributed by atoms with Gasteiger partial charge in [0.05, 0.1) is 15.5 Å². The Labute approximate surface area is 129 Å². The van der Waals surface area contributed by atoms with Gasteiger partial charge < -0.3 is 5.32 Å². The third kappa shape index (κ3) is 2.91. The molecule has 0 amide bonds. The van der Waals surface area contributed by atoms with Crippen LogP contribution in [0.25, 0.3) is 5.69 Å². The molecule has 1 unspecified atom stereocenters. The second kappa shape index (κ2) is 5.76. The summed E-state index contributed by atoms with van der Waals surface area (Å²) in [5, 5.41) is 11.2. The summed E-state index contributed by atoms with van der Waals surface area (Å²) in [6, 6.07) is 12.7. The van der Waals surface area contributed by atoms with Crippen molar-refractivity contribution < 1.29 is 0 Å². The molecule has 0 radical (unpaired) electrons. The summed E-state index contributed by atoms with van der Waals surface area (Å²) in [4.78, 5) is 1.30. The summed E-state index contributed by atoms with van der Waals surface area (Å²) in [6.07, 6.45) is 3.39. The number of aromatic nitrogens is 3. The van der Waals surface area contributed by atoms with Crippen LogP contribution in [0.3, 0.4) is 0 Å². The van der Waals surface area contributed by atoms with Gasteiger partial charge in [0.2, 0.25) is 0 Å². The van der Waals surface area contributed by atoms with Crippen LogP contribution in [0.2, 0.25) is 0 Å². The van der Waals surface area contributed by atoms with Crippen molar-refractivity contribution in [3.63, 3.8) is 0 Å². The van der Waals surface area contributed by atoms with E-state index in [9.17, 15) is 0 Å². The van der Waals surface area contributed by atoms with Gasteiger partial charge >= 0.3 is 0 Å². The highest BCUT2D eigenvalue weighted by Crippen LogP contribution is 2.29. The van der Waals surface area contributed by atoms with E-state index < -0.39 is 0 Å². The average molecular weight is 349 g/mol.